The van der Waals surface area contributed by atoms with E-state index in [1.807, 2.05) is 36.0 Å². The first kappa shape index (κ1) is 12.6. The summed E-state index contributed by atoms with van der Waals surface area (Å²) in [6.07, 6.45) is 3.74. The van der Waals surface area contributed by atoms with Crippen LogP contribution < -0.4 is 0 Å². The number of benzene rings is 2. The van der Waals surface area contributed by atoms with Crippen LogP contribution in [0.15, 0.2) is 60.9 Å². The number of aromatic nitrogens is 2. The fourth-order valence-corrected chi connectivity index (χ4v) is 2.26. The summed E-state index contributed by atoms with van der Waals surface area (Å²) in [7, 11) is 0. The van der Waals surface area contributed by atoms with Crippen LogP contribution in [-0.4, -0.2) is 9.78 Å². The van der Waals surface area contributed by atoms with Crippen LogP contribution in [0.2, 0.25) is 0 Å². The molecule has 2 aromatic carbocycles. The lowest BCUT2D eigenvalue weighted by Crippen LogP contribution is -1.99. The third-order valence-electron chi connectivity index (χ3n) is 3.33. The molecular formula is C17H15FN2. The average molecular weight is 266 g/mol. The Bertz CT molecular complexity index is 717. The van der Waals surface area contributed by atoms with Gasteiger partial charge in [0.15, 0.2) is 0 Å². The van der Waals surface area contributed by atoms with E-state index in [4.69, 9.17) is 0 Å². The number of hydrogen-bond donors (Lipinski definition) is 0. The molecule has 0 aliphatic rings. The van der Waals surface area contributed by atoms with Crippen LogP contribution in [0.25, 0.3) is 11.1 Å². The van der Waals surface area contributed by atoms with Crippen LogP contribution in [0, 0.1) is 12.7 Å². The Morgan fingerprint density at radius 3 is 2.70 bits per heavy atom. The minimum atomic E-state index is -0.221. The van der Waals surface area contributed by atoms with Crippen molar-refractivity contribution in [3.8, 4) is 11.1 Å². The lowest BCUT2D eigenvalue weighted by atomic mass is 10.0. The Hall–Kier alpha value is -2.42. The van der Waals surface area contributed by atoms with Crippen molar-refractivity contribution in [1.82, 2.24) is 9.78 Å². The smallest absolute Gasteiger partial charge is 0.123 e. The molecule has 3 heteroatoms. The first-order valence-electron chi connectivity index (χ1n) is 6.55. The molecule has 3 rings (SSSR count). The summed E-state index contributed by atoms with van der Waals surface area (Å²) in [4.78, 5) is 0. The first-order valence-corrected chi connectivity index (χ1v) is 6.55. The van der Waals surface area contributed by atoms with Gasteiger partial charge in [0.2, 0.25) is 0 Å². The number of halogens is 1. The molecule has 0 unspecified atom stereocenters. The highest BCUT2D eigenvalue weighted by Crippen LogP contribution is 2.23. The quantitative estimate of drug-likeness (QED) is 0.699. The van der Waals surface area contributed by atoms with Crippen LogP contribution in [0.4, 0.5) is 4.39 Å². The molecule has 0 aliphatic carbocycles. The summed E-state index contributed by atoms with van der Waals surface area (Å²) in [5.74, 6) is -0.221. The third-order valence-corrected chi connectivity index (χ3v) is 3.33. The van der Waals surface area contributed by atoms with Gasteiger partial charge in [-0.2, -0.15) is 5.10 Å². The minimum Gasteiger partial charge on any atom is -0.268 e. The van der Waals surface area contributed by atoms with Gasteiger partial charge in [-0.25, -0.2) is 4.39 Å². The van der Waals surface area contributed by atoms with Gasteiger partial charge in [0.1, 0.15) is 5.82 Å². The normalized spacial score (nSPS) is 10.7. The van der Waals surface area contributed by atoms with E-state index in [1.54, 1.807) is 18.3 Å². The van der Waals surface area contributed by atoms with Crippen LogP contribution in [-0.2, 0) is 6.54 Å². The fourth-order valence-electron chi connectivity index (χ4n) is 2.26. The molecule has 3 aromatic rings. The van der Waals surface area contributed by atoms with Gasteiger partial charge in [-0.05, 0) is 35.7 Å². The fraction of sp³-hybridized carbons (Fsp3) is 0.118. The molecule has 100 valence electrons. The van der Waals surface area contributed by atoms with Gasteiger partial charge in [-0.3, -0.25) is 4.68 Å². The van der Waals surface area contributed by atoms with Crippen LogP contribution in [0.3, 0.4) is 0 Å². The van der Waals surface area contributed by atoms with E-state index in [0.717, 1.165) is 23.2 Å². The van der Waals surface area contributed by atoms with E-state index in [9.17, 15) is 4.39 Å². The number of rotatable bonds is 3. The van der Waals surface area contributed by atoms with Gasteiger partial charge >= 0.3 is 0 Å². The van der Waals surface area contributed by atoms with E-state index in [1.165, 1.54) is 11.6 Å². The van der Waals surface area contributed by atoms with Crippen molar-refractivity contribution in [2.75, 3.05) is 0 Å². The Morgan fingerprint density at radius 1 is 1.10 bits per heavy atom. The van der Waals surface area contributed by atoms with Gasteiger partial charge in [0, 0.05) is 11.8 Å². The monoisotopic (exact) mass is 266 g/mol. The van der Waals surface area contributed by atoms with E-state index in [-0.39, 0.29) is 5.82 Å². The molecule has 0 saturated heterocycles. The summed E-state index contributed by atoms with van der Waals surface area (Å²) in [5.41, 5.74) is 4.08. The van der Waals surface area contributed by atoms with E-state index in [0.29, 0.717) is 0 Å². The standard InChI is InChI=1S/C17H15FN2/c1-13-7-8-16(18)9-17(13)15-10-19-20(12-15)11-14-5-3-2-4-6-14/h2-10,12H,11H2,1H3. The topological polar surface area (TPSA) is 17.8 Å². The van der Waals surface area contributed by atoms with Crippen LogP contribution in [0.5, 0.6) is 0 Å². The first-order chi connectivity index (χ1) is 9.72. The summed E-state index contributed by atoms with van der Waals surface area (Å²) in [5, 5.41) is 4.35. The largest absolute Gasteiger partial charge is 0.268 e. The second kappa shape index (κ2) is 5.29. The zero-order valence-corrected chi connectivity index (χ0v) is 11.3. The summed E-state index contributed by atoms with van der Waals surface area (Å²) < 4.78 is 15.2. The lowest BCUT2D eigenvalue weighted by Gasteiger charge is -2.03. The van der Waals surface area contributed by atoms with E-state index in [2.05, 4.69) is 17.2 Å². The lowest BCUT2D eigenvalue weighted by molar-refractivity contribution is 0.628. The maximum absolute atomic E-state index is 13.4. The van der Waals surface area contributed by atoms with Crippen molar-refractivity contribution >= 4 is 0 Å². The zero-order valence-electron chi connectivity index (χ0n) is 11.3. The number of hydrogen-bond acceptors (Lipinski definition) is 1. The van der Waals surface area contributed by atoms with Crippen molar-refractivity contribution in [2.45, 2.75) is 13.5 Å². The molecule has 1 aromatic heterocycles. The van der Waals surface area contributed by atoms with Crippen molar-refractivity contribution < 1.29 is 4.39 Å². The number of aryl methyl sites for hydroxylation is 1. The predicted molar refractivity (Wildman–Crippen MR) is 77.9 cm³/mol. The van der Waals surface area contributed by atoms with Crippen LogP contribution in [0.1, 0.15) is 11.1 Å². The average Bonchev–Trinajstić information content (AvgIpc) is 2.91. The second-order valence-electron chi connectivity index (χ2n) is 4.87. The molecule has 0 aliphatic heterocycles. The third kappa shape index (κ3) is 2.62. The maximum atomic E-state index is 13.4. The summed E-state index contributed by atoms with van der Waals surface area (Å²) in [6, 6.07) is 15.0. The Kier molecular flexibility index (Phi) is 3.33. The van der Waals surface area contributed by atoms with Crippen molar-refractivity contribution in [1.29, 1.82) is 0 Å². The molecule has 0 amide bonds. The SMILES string of the molecule is Cc1ccc(F)cc1-c1cnn(Cc2ccccc2)c1. The van der Waals surface area contributed by atoms with E-state index >= 15 is 0 Å². The highest BCUT2D eigenvalue weighted by atomic mass is 19.1. The van der Waals surface area contributed by atoms with Crippen molar-refractivity contribution in [2.24, 2.45) is 0 Å². The van der Waals surface area contributed by atoms with Gasteiger partial charge in [0.05, 0.1) is 12.7 Å². The molecular weight excluding hydrogens is 251 g/mol. The molecule has 20 heavy (non-hydrogen) atoms. The van der Waals surface area contributed by atoms with Crippen LogP contribution >= 0.6 is 0 Å². The van der Waals surface area contributed by atoms with Crippen molar-refractivity contribution in [3.05, 3.63) is 77.9 Å². The predicted octanol–water partition coefficient (Wildman–Crippen LogP) is 4.05. The molecule has 0 N–H and O–H groups in total. The van der Waals surface area contributed by atoms with Crippen molar-refractivity contribution in [3.63, 3.8) is 0 Å². The van der Waals surface area contributed by atoms with E-state index < -0.39 is 0 Å². The molecule has 0 spiro atoms. The molecule has 0 bridgehead atoms. The van der Waals surface area contributed by atoms with Gasteiger partial charge in [0.25, 0.3) is 0 Å². The second-order valence-corrected chi connectivity index (χ2v) is 4.87. The summed E-state index contributed by atoms with van der Waals surface area (Å²) >= 11 is 0. The number of nitrogens with zero attached hydrogens (tertiary/aromatic N) is 2. The Morgan fingerprint density at radius 2 is 1.90 bits per heavy atom. The Labute approximate surface area is 117 Å². The van der Waals surface area contributed by atoms with Gasteiger partial charge < -0.3 is 0 Å². The molecule has 0 saturated carbocycles. The molecule has 0 fully saturated rings. The highest BCUT2D eigenvalue weighted by molar-refractivity contribution is 5.65. The maximum Gasteiger partial charge on any atom is 0.123 e. The minimum absolute atomic E-state index is 0.221. The molecule has 2 nitrogen and oxygen atoms in total. The van der Waals surface area contributed by atoms with Gasteiger partial charge in [-0.1, -0.05) is 36.4 Å². The molecule has 1 heterocycles. The highest BCUT2D eigenvalue weighted by Gasteiger charge is 2.06. The molecule has 0 atom stereocenters. The van der Waals surface area contributed by atoms with Gasteiger partial charge in [-0.15, -0.1) is 0 Å². The Balaban J connectivity index is 1.88. The molecule has 0 radical (unpaired) electrons. The summed E-state index contributed by atoms with van der Waals surface area (Å²) in [6.45, 7) is 2.69. The zero-order chi connectivity index (χ0) is 13.9.